The Balaban J connectivity index is 2.93. The Morgan fingerprint density at radius 1 is 1.25 bits per heavy atom. The third-order valence-electron chi connectivity index (χ3n) is 4.18. The molecule has 28 heavy (non-hydrogen) atoms. The SMILES string of the molecule is COCCCNC(=O)[C@@H](C)N(Cc1ccc(F)cc1)C(=O)CN(C)S(C)(=O)=O. The molecule has 0 saturated heterocycles. The van der Waals surface area contributed by atoms with Gasteiger partial charge in [-0.3, -0.25) is 9.59 Å². The lowest BCUT2D eigenvalue weighted by atomic mass is 10.1. The Bertz CT molecular complexity index is 755. The summed E-state index contributed by atoms with van der Waals surface area (Å²) in [6.45, 7) is 2.09. The van der Waals surface area contributed by atoms with Gasteiger partial charge in [0, 0.05) is 33.9 Å². The number of nitrogens with one attached hydrogen (secondary N) is 1. The molecule has 1 aromatic carbocycles. The van der Waals surface area contributed by atoms with Gasteiger partial charge in [0.25, 0.3) is 0 Å². The third kappa shape index (κ3) is 7.91. The second-order valence-corrected chi connectivity index (χ2v) is 8.57. The maximum atomic E-state index is 13.1. The Labute approximate surface area is 165 Å². The normalized spacial score (nSPS) is 12.6. The number of ether oxygens (including phenoxy) is 1. The highest BCUT2D eigenvalue weighted by Gasteiger charge is 2.28. The van der Waals surface area contributed by atoms with Crippen molar-refractivity contribution >= 4 is 21.8 Å². The lowest BCUT2D eigenvalue weighted by molar-refractivity contribution is -0.140. The Kier molecular flexibility index (Phi) is 9.50. The molecule has 0 aliphatic heterocycles. The van der Waals surface area contributed by atoms with Gasteiger partial charge >= 0.3 is 0 Å². The van der Waals surface area contributed by atoms with Crippen LogP contribution in [-0.2, 0) is 30.9 Å². The van der Waals surface area contributed by atoms with Crippen LogP contribution in [0.15, 0.2) is 24.3 Å². The van der Waals surface area contributed by atoms with Gasteiger partial charge in [-0.15, -0.1) is 0 Å². The van der Waals surface area contributed by atoms with Crippen molar-refractivity contribution in [3.8, 4) is 0 Å². The van der Waals surface area contributed by atoms with E-state index in [1.807, 2.05) is 0 Å². The number of rotatable bonds is 11. The summed E-state index contributed by atoms with van der Waals surface area (Å²) >= 11 is 0. The highest BCUT2D eigenvalue weighted by molar-refractivity contribution is 7.88. The highest BCUT2D eigenvalue weighted by Crippen LogP contribution is 2.12. The molecule has 0 saturated carbocycles. The van der Waals surface area contributed by atoms with E-state index in [1.165, 1.54) is 36.2 Å². The van der Waals surface area contributed by atoms with E-state index in [1.54, 1.807) is 14.0 Å². The number of benzene rings is 1. The van der Waals surface area contributed by atoms with E-state index >= 15 is 0 Å². The molecule has 0 aromatic heterocycles. The van der Waals surface area contributed by atoms with Gasteiger partial charge in [-0.1, -0.05) is 12.1 Å². The van der Waals surface area contributed by atoms with E-state index in [2.05, 4.69) is 5.32 Å². The number of amides is 2. The molecule has 8 nitrogen and oxygen atoms in total. The maximum Gasteiger partial charge on any atom is 0.242 e. The van der Waals surface area contributed by atoms with Crippen LogP contribution in [0.1, 0.15) is 18.9 Å². The van der Waals surface area contributed by atoms with Crippen LogP contribution in [0, 0.1) is 5.82 Å². The number of nitrogens with zero attached hydrogens (tertiary/aromatic N) is 2. The summed E-state index contributed by atoms with van der Waals surface area (Å²) in [5, 5.41) is 2.73. The number of carbonyl (C=O) groups excluding carboxylic acids is 2. The summed E-state index contributed by atoms with van der Waals surface area (Å²) in [6.07, 6.45) is 1.62. The smallest absolute Gasteiger partial charge is 0.242 e. The summed E-state index contributed by atoms with van der Waals surface area (Å²) in [5.41, 5.74) is 0.621. The zero-order valence-electron chi connectivity index (χ0n) is 16.6. The summed E-state index contributed by atoms with van der Waals surface area (Å²) in [7, 11) is -0.703. The molecule has 0 spiro atoms. The van der Waals surface area contributed by atoms with Crippen LogP contribution >= 0.6 is 0 Å². The lowest BCUT2D eigenvalue weighted by Crippen LogP contribution is -2.50. The molecule has 1 aromatic rings. The summed E-state index contributed by atoms with van der Waals surface area (Å²) in [5.74, 6) is -1.31. The minimum atomic E-state index is -3.55. The van der Waals surface area contributed by atoms with Crippen LogP contribution in [0.2, 0.25) is 0 Å². The fraction of sp³-hybridized carbons (Fsp3) is 0.556. The average Bonchev–Trinajstić information content (AvgIpc) is 2.63. The Hall–Kier alpha value is -2.04. The molecular weight excluding hydrogens is 389 g/mol. The van der Waals surface area contributed by atoms with Crippen LogP contribution in [0.5, 0.6) is 0 Å². The van der Waals surface area contributed by atoms with Crippen molar-refractivity contribution in [2.75, 3.05) is 40.1 Å². The number of methoxy groups -OCH3 is 1. The molecule has 0 bridgehead atoms. The Morgan fingerprint density at radius 2 is 1.86 bits per heavy atom. The molecule has 1 rings (SSSR count). The van der Waals surface area contributed by atoms with Gasteiger partial charge in [0.1, 0.15) is 11.9 Å². The number of sulfonamides is 1. The molecule has 0 aliphatic rings. The quantitative estimate of drug-likeness (QED) is 0.532. The highest BCUT2D eigenvalue weighted by atomic mass is 32.2. The number of hydrogen-bond donors (Lipinski definition) is 1. The molecule has 0 aliphatic carbocycles. The van der Waals surface area contributed by atoms with Crippen molar-refractivity contribution in [1.29, 1.82) is 0 Å². The summed E-state index contributed by atoms with van der Waals surface area (Å²) in [4.78, 5) is 26.5. The molecule has 0 radical (unpaired) electrons. The first-order chi connectivity index (χ1) is 13.1. The van der Waals surface area contributed by atoms with Gasteiger partial charge in [-0.25, -0.2) is 12.8 Å². The van der Waals surface area contributed by atoms with Crippen LogP contribution in [0.4, 0.5) is 4.39 Å². The molecule has 1 N–H and O–H groups in total. The van der Waals surface area contributed by atoms with Gasteiger partial charge in [-0.05, 0) is 31.0 Å². The van der Waals surface area contributed by atoms with Crippen LogP contribution < -0.4 is 5.32 Å². The second-order valence-electron chi connectivity index (χ2n) is 6.48. The minimum Gasteiger partial charge on any atom is -0.385 e. The second kappa shape index (κ2) is 11.1. The molecule has 158 valence electrons. The fourth-order valence-electron chi connectivity index (χ4n) is 2.34. The van der Waals surface area contributed by atoms with E-state index in [4.69, 9.17) is 4.74 Å². The van der Waals surface area contributed by atoms with E-state index in [0.29, 0.717) is 25.1 Å². The largest absolute Gasteiger partial charge is 0.385 e. The molecule has 0 unspecified atom stereocenters. The predicted molar refractivity (Wildman–Crippen MR) is 103 cm³/mol. The van der Waals surface area contributed by atoms with Crippen molar-refractivity contribution in [3.63, 3.8) is 0 Å². The summed E-state index contributed by atoms with van der Waals surface area (Å²) < 4.78 is 42.2. The zero-order valence-corrected chi connectivity index (χ0v) is 17.5. The van der Waals surface area contributed by atoms with Crippen molar-refractivity contribution in [2.24, 2.45) is 0 Å². The van der Waals surface area contributed by atoms with E-state index < -0.39 is 34.3 Å². The van der Waals surface area contributed by atoms with Gasteiger partial charge < -0.3 is 15.0 Å². The van der Waals surface area contributed by atoms with E-state index in [0.717, 1.165) is 10.6 Å². The summed E-state index contributed by atoms with van der Waals surface area (Å²) in [6, 6.07) is 4.71. The maximum absolute atomic E-state index is 13.1. The number of carbonyl (C=O) groups is 2. The van der Waals surface area contributed by atoms with Crippen molar-refractivity contribution in [3.05, 3.63) is 35.6 Å². The fourth-order valence-corrected chi connectivity index (χ4v) is 2.69. The first-order valence-electron chi connectivity index (χ1n) is 8.78. The Morgan fingerprint density at radius 3 is 2.39 bits per heavy atom. The van der Waals surface area contributed by atoms with Crippen LogP contribution in [-0.4, -0.2) is 75.6 Å². The first kappa shape index (κ1) is 24.0. The molecule has 0 heterocycles. The van der Waals surface area contributed by atoms with Gasteiger partial charge in [0.15, 0.2) is 0 Å². The van der Waals surface area contributed by atoms with Crippen LogP contribution in [0.25, 0.3) is 0 Å². The monoisotopic (exact) mass is 417 g/mol. The van der Waals surface area contributed by atoms with Gasteiger partial charge in [0.2, 0.25) is 21.8 Å². The van der Waals surface area contributed by atoms with Crippen LogP contribution in [0.3, 0.4) is 0 Å². The zero-order chi connectivity index (χ0) is 21.3. The van der Waals surface area contributed by atoms with E-state index in [9.17, 15) is 22.4 Å². The number of hydrogen-bond acceptors (Lipinski definition) is 5. The minimum absolute atomic E-state index is 0.0450. The topological polar surface area (TPSA) is 96.0 Å². The number of likely N-dealkylation sites (N-methyl/N-ethyl adjacent to an activating group) is 1. The predicted octanol–water partition coefficient (Wildman–Crippen LogP) is 0.587. The molecular formula is C18H28FN3O5S. The van der Waals surface area contributed by atoms with E-state index in [-0.39, 0.29) is 12.5 Å². The van der Waals surface area contributed by atoms with Gasteiger partial charge in [0.05, 0.1) is 12.8 Å². The molecule has 1 atom stereocenters. The third-order valence-corrected chi connectivity index (χ3v) is 5.44. The molecule has 2 amide bonds. The first-order valence-corrected chi connectivity index (χ1v) is 10.6. The van der Waals surface area contributed by atoms with Crippen molar-refractivity contribution < 1.29 is 27.1 Å². The van der Waals surface area contributed by atoms with Crippen molar-refractivity contribution in [2.45, 2.75) is 25.9 Å². The number of halogens is 1. The molecule has 10 heteroatoms. The van der Waals surface area contributed by atoms with Gasteiger partial charge in [-0.2, -0.15) is 4.31 Å². The lowest BCUT2D eigenvalue weighted by Gasteiger charge is -2.30. The van der Waals surface area contributed by atoms with Crippen molar-refractivity contribution in [1.82, 2.24) is 14.5 Å². The average molecular weight is 418 g/mol. The standard InChI is InChI=1S/C18H28FN3O5S/c1-14(18(24)20-10-5-11-27-3)22(12-15-6-8-16(19)9-7-15)17(23)13-21(2)28(4,25)26/h6-9,14H,5,10-13H2,1-4H3,(H,20,24)/t14-/m1/s1. The molecule has 0 fully saturated rings.